The van der Waals surface area contributed by atoms with Gasteiger partial charge in [0.25, 0.3) is 0 Å². The third kappa shape index (κ3) is 5.41. The Morgan fingerprint density at radius 2 is 2.07 bits per heavy atom. The van der Waals surface area contributed by atoms with Gasteiger partial charge in [0, 0.05) is 0 Å². The van der Waals surface area contributed by atoms with Crippen molar-refractivity contribution in [3.05, 3.63) is 0 Å². The summed E-state index contributed by atoms with van der Waals surface area (Å²) in [5.74, 6) is -2.30. The number of hydrogen-bond acceptors (Lipinski definition) is 4. The molecule has 0 aliphatic carbocycles. The van der Waals surface area contributed by atoms with Gasteiger partial charge in [0.1, 0.15) is 6.04 Å². The molecule has 0 saturated heterocycles. The standard InChI is InChI=1S/C7H12N2O4S/c1-14-3-6(11)9-4(7(12)13)2-5(8)10/h4H,2-3H2,1H3,(H2,8,10)(H,9,11)(H,12,13). The first kappa shape index (κ1) is 12.8. The van der Waals surface area contributed by atoms with Crippen LogP contribution in [0.25, 0.3) is 0 Å². The lowest BCUT2D eigenvalue weighted by atomic mass is 10.2. The summed E-state index contributed by atoms with van der Waals surface area (Å²) in [5, 5.41) is 10.8. The zero-order valence-corrected chi connectivity index (χ0v) is 8.47. The molecule has 0 bridgehead atoms. The summed E-state index contributed by atoms with van der Waals surface area (Å²) in [7, 11) is 0. The van der Waals surface area contributed by atoms with Crippen molar-refractivity contribution in [1.82, 2.24) is 5.32 Å². The van der Waals surface area contributed by atoms with Crippen molar-refractivity contribution in [1.29, 1.82) is 0 Å². The minimum absolute atomic E-state index is 0.155. The lowest BCUT2D eigenvalue weighted by Crippen LogP contribution is -2.44. The van der Waals surface area contributed by atoms with Crippen molar-refractivity contribution in [2.45, 2.75) is 12.5 Å². The molecule has 0 aromatic carbocycles. The normalized spacial score (nSPS) is 11.8. The van der Waals surface area contributed by atoms with Crippen LogP contribution < -0.4 is 11.1 Å². The Hall–Kier alpha value is -1.24. The van der Waals surface area contributed by atoms with Crippen molar-refractivity contribution >= 4 is 29.5 Å². The summed E-state index contributed by atoms with van der Waals surface area (Å²) in [5.41, 5.74) is 4.82. The minimum Gasteiger partial charge on any atom is -0.480 e. The second-order valence-corrected chi connectivity index (χ2v) is 3.43. The molecule has 0 spiro atoms. The number of aliphatic carboxylic acids is 1. The number of nitrogens with two attached hydrogens (primary N) is 1. The van der Waals surface area contributed by atoms with Gasteiger partial charge < -0.3 is 16.2 Å². The molecule has 1 unspecified atom stereocenters. The van der Waals surface area contributed by atoms with E-state index in [1.807, 2.05) is 0 Å². The Morgan fingerprint density at radius 1 is 1.50 bits per heavy atom. The van der Waals surface area contributed by atoms with E-state index in [-0.39, 0.29) is 5.75 Å². The molecule has 14 heavy (non-hydrogen) atoms. The summed E-state index contributed by atoms with van der Waals surface area (Å²) in [6, 6.07) is -1.23. The van der Waals surface area contributed by atoms with E-state index in [4.69, 9.17) is 10.8 Å². The molecule has 0 radical (unpaired) electrons. The first-order valence-electron chi connectivity index (χ1n) is 3.76. The first-order valence-corrected chi connectivity index (χ1v) is 5.16. The lowest BCUT2D eigenvalue weighted by Gasteiger charge is -2.11. The van der Waals surface area contributed by atoms with Gasteiger partial charge in [0.2, 0.25) is 11.8 Å². The van der Waals surface area contributed by atoms with Gasteiger partial charge in [-0.3, -0.25) is 9.59 Å². The summed E-state index contributed by atoms with van der Waals surface area (Å²) >= 11 is 1.26. The summed E-state index contributed by atoms with van der Waals surface area (Å²) in [4.78, 5) is 32.0. The minimum atomic E-state index is -1.27. The van der Waals surface area contributed by atoms with Crippen molar-refractivity contribution in [2.75, 3.05) is 12.0 Å². The van der Waals surface area contributed by atoms with Crippen LogP contribution in [0, 0.1) is 0 Å². The number of amides is 2. The van der Waals surface area contributed by atoms with Gasteiger partial charge in [-0.15, -0.1) is 0 Å². The van der Waals surface area contributed by atoms with Gasteiger partial charge in [-0.2, -0.15) is 11.8 Å². The van der Waals surface area contributed by atoms with Crippen LogP contribution in [0.15, 0.2) is 0 Å². The largest absolute Gasteiger partial charge is 0.480 e. The summed E-state index contributed by atoms with van der Waals surface area (Å²) in [6.07, 6.45) is 1.32. The zero-order valence-electron chi connectivity index (χ0n) is 7.65. The quantitative estimate of drug-likeness (QED) is 0.520. The molecule has 2 amide bonds. The topological polar surface area (TPSA) is 109 Å². The highest BCUT2D eigenvalue weighted by molar-refractivity contribution is 7.99. The monoisotopic (exact) mass is 220 g/mol. The van der Waals surface area contributed by atoms with E-state index >= 15 is 0 Å². The van der Waals surface area contributed by atoms with Gasteiger partial charge in [0.15, 0.2) is 0 Å². The maximum Gasteiger partial charge on any atom is 0.326 e. The Labute approximate surface area is 85.2 Å². The number of hydrogen-bond donors (Lipinski definition) is 3. The van der Waals surface area contributed by atoms with Crippen molar-refractivity contribution in [3.63, 3.8) is 0 Å². The third-order valence-corrected chi connectivity index (χ3v) is 1.86. The van der Waals surface area contributed by atoms with E-state index in [0.29, 0.717) is 0 Å². The maximum atomic E-state index is 11.0. The van der Waals surface area contributed by atoms with Crippen molar-refractivity contribution < 1.29 is 19.5 Å². The molecule has 0 fully saturated rings. The molecule has 0 saturated carbocycles. The highest BCUT2D eigenvalue weighted by Gasteiger charge is 2.21. The van der Waals surface area contributed by atoms with Gasteiger partial charge in [-0.1, -0.05) is 0 Å². The van der Waals surface area contributed by atoms with Gasteiger partial charge in [0.05, 0.1) is 12.2 Å². The fourth-order valence-corrected chi connectivity index (χ4v) is 1.11. The van der Waals surface area contributed by atoms with Crippen LogP contribution in [0.2, 0.25) is 0 Å². The number of carboxylic acid groups (broad SMARTS) is 1. The number of primary amides is 1. The molecule has 7 heteroatoms. The maximum absolute atomic E-state index is 11.0. The average Bonchev–Trinajstić information content (AvgIpc) is 2.02. The molecule has 6 nitrogen and oxygen atoms in total. The average molecular weight is 220 g/mol. The lowest BCUT2D eigenvalue weighted by molar-refractivity contribution is -0.143. The fraction of sp³-hybridized carbons (Fsp3) is 0.571. The zero-order chi connectivity index (χ0) is 11.1. The van der Waals surface area contributed by atoms with E-state index < -0.39 is 30.2 Å². The highest BCUT2D eigenvalue weighted by Crippen LogP contribution is 1.95. The van der Waals surface area contributed by atoms with E-state index in [9.17, 15) is 14.4 Å². The van der Waals surface area contributed by atoms with Crippen LogP contribution in [0.4, 0.5) is 0 Å². The van der Waals surface area contributed by atoms with Gasteiger partial charge >= 0.3 is 5.97 Å². The number of nitrogens with one attached hydrogen (secondary N) is 1. The number of carboxylic acids is 1. The van der Waals surface area contributed by atoms with E-state index in [1.54, 1.807) is 6.26 Å². The molecule has 0 heterocycles. The molecule has 1 atom stereocenters. The molecule has 0 rings (SSSR count). The first-order chi connectivity index (χ1) is 6.47. The molecule has 0 aromatic heterocycles. The molecule has 80 valence electrons. The third-order valence-electron chi connectivity index (χ3n) is 1.31. The molecule has 0 aliphatic heterocycles. The predicted octanol–water partition coefficient (Wildman–Crippen LogP) is -1.21. The van der Waals surface area contributed by atoms with Gasteiger partial charge in [-0.05, 0) is 6.26 Å². The van der Waals surface area contributed by atoms with Crippen LogP contribution in [0.1, 0.15) is 6.42 Å². The highest BCUT2D eigenvalue weighted by atomic mass is 32.2. The molecule has 0 aliphatic rings. The number of thioether (sulfide) groups is 1. The molecular formula is C7H12N2O4S. The van der Waals surface area contributed by atoms with Crippen LogP contribution in [0.5, 0.6) is 0 Å². The molecule has 0 aromatic rings. The smallest absolute Gasteiger partial charge is 0.326 e. The number of carbonyl (C=O) groups is 3. The van der Waals surface area contributed by atoms with E-state index in [0.717, 1.165) is 0 Å². The molecule has 4 N–H and O–H groups in total. The van der Waals surface area contributed by atoms with Crippen LogP contribution in [-0.4, -0.2) is 40.9 Å². The van der Waals surface area contributed by atoms with Crippen LogP contribution >= 0.6 is 11.8 Å². The number of carbonyl (C=O) groups excluding carboxylic acids is 2. The van der Waals surface area contributed by atoms with E-state index in [2.05, 4.69) is 5.32 Å². The SMILES string of the molecule is CSCC(=O)NC(CC(N)=O)C(=O)O. The Bertz CT molecular complexity index is 244. The van der Waals surface area contributed by atoms with Crippen molar-refractivity contribution in [2.24, 2.45) is 5.73 Å². The summed E-state index contributed by atoms with van der Waals surface area (Å²) in [6.45, 7) is 0. The molecular weight excluding hydrogens is 208 g/mol. The Morgan fingerprint density at radius 3 is 2.43 bits per heavy atom. The summed E-state index contributed by atoms with van der Waals surface area (Å²) < 4.78 is 0. The predicted molar refractivity (Wildman–Crippen MR) is 51.8 cm³/mol. The van der Waals surface area contributed by atoms with Gasteiger partial charge in [-0.25, -0.2) is 4.79 Å². The second-order valence-electron chi connectivity index (χ2n) is 2.56. The Balaban J connectivity index is 4.16. The number of rotatable bonds is 6. The van der Waals surface area contributed by atoms with E-state index in [1.165, 1.54) is 11.8 Å². The van der Waals surface area contributed by atoms with Crippen molar-refractivity contribution in [3.8, 4) is 0 Å². The van der Waals surface area contributed by atoms with Crippen LogP contribution in [-0.2, 0) is 14.4 Å². The fourth-order valence-electron chi connectivity index (χ4n) is 0.768. The Kier molecular flexibility index (Phi) is 5.70. The second kappa shape index (κ2) is 6.25. The van der Waals surface area contributed by atoms with Crippen LogP contribution in [0.3, 0.4) is 0 Å².